The monoisotopic (exact) mass is 199 g/mol. The maximum atomic E-state index is 10.2. The van der Waals surface area contributed by atoms with Crippen molar-refractivity contribution in [2.75, 3.05) is 5.88 Å². The number of alkyl halides is 1. The Bertz CT molecular complexity index is 363. The number of nitro groups is 1. The molecule has 0 saturated carbocycles. The van der Waals surface area contributed by atoms with Crippen LogP contribution in [0.1, 0.15) is 12.2 Å². The number of aromatic amines is 1. The molecule has 0 radical (unpaired) electrons. The highest BCUT2D eigenvalue weighted by Gasteiger charge is 2.06. The highest BCUT2D eigenvalue weighted by Crippen LogP contribution is 2.04. The molecule has 0 amide bonds. The maximum Gasteiger partial charge on any atom is 0.341 e. The molecule has 0 unspecified atom stereocenters. The maximum absolute atomic E-state index is 10.2. The van der Waals surface area contributed by atoms with E-state index < -0.39 is 4.92 Å². The second-order valence-electron chi connectivity index (χ2n) is 2.11. The Morgan fingerprint density at radius 2 is 2.54 bits per heavy atom. The Hall–Kier alpha value is -1.54. The zero-order valence-electron chi connectivity index (χ0n) is 6.58. The van der Waals surface area contributed by atoms with Gasteiger partial charge >= 0.3 is 5.82 Å². The number of rotatable bonds is 2. The second-order valence-corrected chi connectivity index (χ2v) is 2.49. The average molecular weight is 200 g/mol. The van der Waals surface area contributed by atoms with Crippen molar-refractivity contribution in [3.05, 3.63) is 22.1 Å². The first-order valence-corrected chi connectivity index (χ1v) is 4.01. The molecule has 0 fully saturated rings. The summed E-state index contributed by atoms with van der Waals surface area (Å²) in [5.41, 5.74) is 0. The highest BCUT2D eigenvalue weighted by molar-refractivity contribution is 6.18. The van der Waals surface area contributed by atoms with Gasteiger partial charge in [0.25, 0.3) is 5.82 Å². The first-order chi connectivity index (χ1) is 6.24. The molecule has 0 spiro atoms. The van der Waals surface area contributed by atoms with Crippen LogP contribution < -0.4 is 0 Å². The normalized spacial score (nSPS) is 9.00. The van der Waals surface area contributed by atoms with Gasteiger partial charge in [0.1, 0.15) is 6.20 Å². The Morgan fingerprint density at radius 3 is 3.08 bits per heavy atom. The summed E-state index contributed by atoms with van der Waals surface area (Å²) >= 11 is 5.38. The van der Waals surface area contributed by atoms with Crippen LogP contribution in [0.15, 0.2) is 6.20 Å². The van der Waals surface area contributed by atoms with Gasteiger partial charge in [-0.3, -0.25) is 0 Å². The minimum atomic E-state index is -0.556. The molecule has 1 aromatic heterocycles. The Balaban J connectivity index is 2.71. The van der Waals surface area contributed by atoms with Gasteiger partial charge in [0, 0.05) is 12.3 Å². The lowest BCUT2D eigenvalue weighted by molar-refractivity contribution is -0.389. The van der Waals surface area contributed by atoms with Crippen LogP contribution in [0.2, 0.25) is 0 Å². The standard InChI is InChI=1S/C7H6ClN3O2/c8-4-2-1-3-6-9-5-7(10-6)11(12)13/h5H,2,4H2,(H,9,10). The third-order valence-electron chi connectivity index (χ3n) is 1.19. The van der Waals surface area contributed by atoms with Crippen LogP contribution in [-0.4, -0.2) is 20.8 Å². The molecule has 1 N–H and O–H groups in total. The van der Waals surface area contributed by atoms with Gasteiger partial charge in [-0.05, 0) is 10.8 Å². The SMILES string of the molecule is O=[N+]([O-])c1cnc(C#CCCCl)[nH]1. The zero-order valence-corrected chi connectivity index (χ0v) is 7.34. The van der Waals surface area contributed by atoms with Gasteiger partial charge < -0.3 is 10.1 Å². The van der Waals surface area contributed by atoms with E-state index in [2.05, 4.69) is 21.8 Å². The first-order valence-electron chi connectivity index (χ1n) is 3.48. The molecule has 6 heteroatoms. The largest absolute Gasteiger partial charge is 0.358 e. The zero-order chi connectivity index (χ0) is 9.68. The molecule has 0 aliphatic carbocycles. The minimum Gasteiger partial charge on any atom is -0.358 e. The Morgan fingerprint density at radius 1 is 1.77 bits per heavy atom. The van der Waals surface area contributed by atoms with Gasteiger partial charge in [-0.25, -0.2) is 9.97 Å². The number of halogens is 1. The van der Waals surface area contributed by atoms with E-state index in [0.29, 0.717) is 12.3 Å². The number of hydrogen-bond donors (Lipinski definition) is 1. The van der Waals surface area contributed by atoms with Gasteiger partial charge in [0.2, 0.25) is 0 Å². The molecule has 5 nitrogen and oxygen atoms in total. The molecule has 0 atom stereocenters. The molecule has 1 aromatic rings. The summed E-state index contributed by atoms with van der Waals surface area (Å²) in [4.78, 5) is 15.8. The van der Waals surface area contributed by atoms with Crippen molar-refractivity contribution < 1.29 is 4.92 Å². The molecule has 0 aromatic carbocycles. The molecule has 13 heavy (non-hydrogen) atoms. The number of imidazole rings is 1. The number of nitrogens with one attached hydrogen (secondary N) is 1. The van der Waals surface area contributed by atoms with E-state index in [4.69, 9.17) is 11.6 Å². The lowest BCUT2D eigenvalue weighted by Crippen LogP contribution is -1.86. The van der Waals surface area contributed by atoms with Crippen molar-refractivity contribution >= 4 is 17.4 Å². The molecule has 0 aliphatic rings. The van der Waals surface area contributed by atoms with Crippen molar-refractivity contribution in [2.45, 2.75) is 6.42 Å². The van der Waals surface area contributed by atoms with Crippen LogP contribution in [0.5, 0.6) is 0 Å². The van der Waals surface area contributed by atoms with E-state index in [1.54, 1.807) is 0 Å². The van der Waals surface area contributed by atoms with E-state index in [9.17, 15) is 10.1 Å². The van der Waals surface area contributed by atoms with Crippen molar-refractivity contribution in [3.63, 3.8) is 0 Å². The molecule has 1 rings (SSSR count). The van der Waals surface area contributed by atoms with Gasteiger partial charge in [-0.2, -0.15) is 0 Å². The molecule has 1 heterocycles. The number of hydrogen-bond acceptors (Lipinski definition) is 3. The lowest BCUT2D eigenvalue weighted by atomic mass is 10.4. The predicted octanol–water partition coefficient (Wildman–Crippen LogP) is 1.30. The fraction of sp³-hybridized carbons (Fsp3) is 0.286. The summed E-state index contributed by atoms with van der Waals surface area (Å²) < 4.78 is 0. The minimum absolute atomic E-state index is 0.157. The molecule has 0 saturated heterocycles. The smallest absolute Gasteiger partial charge is 0.341 e. The Kier molecular flexibility index (Phi) is 3.29. The van der Waals surface area contributed by atoms with E-state index in [-0.39, 0.29) is 11.6 Å². The fourth-order valence-corrected chi connectivity index (χ4v) is 0.756. The van der Waals surface area contributed by atoms with E-state index in [0.717, 1.165) is 6.20 Å². The molecule has 68 valence electrons. The first kappa shape index (κ1) is 9.55. The van der Waals surface area contributed by atoms with Crippen LogP contribution in [0, 0.1) is 22.0 Å². The molecular formula is C7H6ClN3O2. The van der Waals surface area contributed by atoms with Crippen LogP contribution in [0.25, 0.3) is 0 Å². The topological polar surface area (TPSA) is 71.8 Å². The summed E-state index contributed by atoms with van der Waals surface area (Å²) in [6.07, 6.45) is 1.67. The summed E-state index contributed by atoms with van der Waals surface area (Å²) in [6, 6.07) is 0. The van der Waals surface area contributed by atoms with Crippen molar-refractivity contribution in [1.29, 1.82) is 0 Å². The molecule has 0 aliphatic heterocycles. The highest BCUT2D eigenvalue weighted by atomic mass is 35.5. The fourth-order valence-electron chi connectivity index (χ4n) is 0.661. The summed E-state index contributed by atoms with van der Waals surface area (Å²) in [6.45, 7) is 0. The third kappa shape index (κ3) is 2.76. The molecule has 0 bridgehead atoms. The van der Waals surface area contributed by atoms with Gasteiger partial charge in [-0.15, -0.1) is 11.6 Å². The lowest BCUT2D eigenvalue weighted by Gasteiger charge is -1.84. The van der Waals surface area contributed by atoms with Gasteiger partial charge in [-0.1, -0.05) is 5.92 Å². The molecular weight excluding hydrogens is 194 g/mol. The number of aromatic nitrogens is 2. The van der Waals surface area contributed by atoms with Crippen LogP contribution in [-0.2, 0) is 0 Å². The van der Waals surface area contributed by atoms with Gasteiger partial charge in [0.05, 0.1) is 0 Å². The van der Waals surface area contributed by atoms with Crippen LogP contribution >= 0.6 is 11.6 Å². The van der Waals surface area contributed by atoms with E-state index >= 15 is 0 Å². The van der Waals surface area contributed by atoms with Crippen LogP contribution in [0.4, 0.5) is 5.82 Å². The van der Waals surface area contributed by atoms with Crippen LogP contribution in [0.3, 0.4) is 0 Å². The summed E-state index contributed by atoms with van der Waals surface area (Å²) in [5, 5.41) is 10.2. The van der Waals surface area contributed by atoms with Crippen molar-refractivity contribution in [3.8, 4) is 11.8 Å². The van der Waals surface area contributed by atoms with Crippen molar-refractivity contribution in [2.24, 2.45) is 0 Å². The number of H-pyrrole nitrogens is 1. The average Bonchev–Trinajstić information content (AvgIpc) is 2.53. The number of nitrogens with zero attached hydrogens (tertiary/aromatic N) is 2. The predicted molar refractivity (Wildman–Crippen MR) is 47.5 cm³/mol. The van der Waals surface area contributed by atoms with Crippen molar-refractivity contribution in [1.82, 2.24) is 9.97 Å². The second kappa shape index (κ2) is 4.48. The van der Waals surface area contributed by atoms with Gasteiger partial charge in [0.15, 0.2) is 0 Å². The Labute approximate surface area is 79.3 Å². The summed E-state index contributed by atoms with van der Waals surface area (Å²) in [5.74, 6) is 5.89. The summed E-state index contributed by atoms with van der Waals surface area (Å²) in [7, 11) is 0. The quantitative estimate of drug-likeness (QED) is 0.338. The van der Waals surface area contributed by atoms with E-state index in [1.165, 1.54) is 0 Å². The third-order valence-corrected chi connectivity index (χ3v) is 1.37. The van der Waals surface area contributed by atoms with E-state index in [1.807, 2.05) is 0 Å².